The maximum Gasteiger partial charge on any atom is 0.345 e. The van der Waals surface area contributed by atoms with Crippen molar-refractivity contribution in [3.63, 3.8) is 0 Å². The molecule has 1 aromatic heterocycles. The summed E-state index contributed by atoms with van der Waals surface area (Å²) < 4.78 is 0. The third kappa shape index (κ3) is 6.69. The highest BCUT2D eigenvalue weighted by Gasteiger charge is 2.02. The van der Waals surface area contributed by atoms with Gasteiger partial charge in [0, 0.05) is 43.2 Å². The first-order chi connectivity index (χ1) is 16.1. The average Bonchev–Trinajstić information content (AvgIpc) is 2.84. The van der Waals surface area contributed by atoms with E-state index in [2.05, 4.69) is 96.0 Å². The van der Waals surface area contributed by atoms with Crippen molar-refractivity contribution in [3.05, 3.63) is 87.6 Å². The molecule has 0 saturated heterocycles. The summed E-state index contributed by atoms with van der Waals surface area (Å²) >= 11 is 0. The van der Waals surface area contributed by atoms with Crippen molar-refractivity contribution in [1.82, 2.24) is 9.97 Å². The van der Waals surface area contributed by atoms with Crippen molar-refractivity contribution in [2.75, 3.05) is 36.0 Å². The number of aromatic amines is 1. The van der Waals surface area contributed by atoms with Crippen LogP contribution in [0, 0.1) is 0 Å². The number of nitrogens with one attached hydrogen (secondary N) is 1. The predicted octanol–water partition coefficient (Wildman–Crippen LogP) is 5.80. The minimum absolute atomic E-state index is 0.356. The van der Waals surface area contributed by atoms with E-state index in [1.807, 2.05) is 30.4 Å². The molecule has 0 amide bonds. The van der Waals surface area contributed by atoms with E-state index in [1.54, 1.807) is 0 Å². The first-order valence-corrected chi connectivity index (χ1v) is 11.7. The topological polar surface area (TPSA) is 52.2 Å². The van der Waals surface area contributed by atoms with Gasteiger partial charge >= 0.3 is 5.69 Å². The van der Waals surface area contributed by atoms with E-state index in [1.165, 1.54) is 11.4 Å². The zero-order valence-corrected chi connectivity index (χ0v) is 20.1. The lowest BCUT2D eigenvalue weighted by atomic mass is 10.1. The summed E-state index contributed by atoms with van der Waals surface area (Å²) in [6.45, 7) is 12.6. The Morgan fingerprint density at radius 3 is 1.61 bits per heavy atom. The van der Waals surface area contributed by atoms with Crippen molar-refractivity contribution in [1.29, 1.82) is 0 Å². The molecule has 5 nitrogen and oxygen atoms in total. The Morgan fingerprint density at radius 1 is 0.697 bits per heavy atom. The molecule has 33 heavy (non-hydrogen) atoms. The third-order valence-electron chi connectivity index (χ3n) is 5.73. The van der Waals surface area contributed by atoms with Gasteiger partial charge in [-0.25, -0.2) is 4.79 Å². The van der Waals surface area contributed by atoms with E-state index in [4.69, 9.17) is 0 Å². The Hall–Kier alpha value is -3.60. The van der Waals surface area contributed by atoms with Crippen LogP contribution < -0.4 is 15.5 Å². The smallest absolute Gasteiger partial charge is 0.345 e. The molecular weight excluding hydrogens is 408 g/mol. The number of anilines is 2. The maximum atomic E-state index is 12.1. The van der Waals surface area contributed by atoms with E-state index in [-0.39, 0.29) is 5.69 Å². The summed E-state index contributed by atoms with van der Waals surface area (Å²) in [6, 6.07) is 18.7. The van der Waals surface area contributed by atoms with Crippen LogP contribution in [0.1, 0.15) is 50.2 Å². The molecule has 5 heteroatoms. The summed E-state index contributed by atoms with van der Waals surface area (Å²) in [5.74, 6) is 0. The highest BCUT2D eigenvalue weighted by atomic mass is 16.1. The lowest BCUT2D eigenvalue weighted by Crippen LogP contribution is -2.21. The van der Waals surface area contributed by atoms with Gasteiger partial charge in [0.15, 0.2) is 0 Å². The molecule has 0 spiro atoms. The fourth-order valence-electron chi connectivity index (χ4n) is 3.81. The van der Waals surface area contributed by atoms with Crippen molar-refractivity contribution in [3.8, 4) is 0 Å². The second-order valence-electron chi connectivity index (χ2n) is 7.76. The number of hydrogen-bond donors (Lipinski definition) is 1. The quantitative estimate of drug-likeness (QED) is 0.431. The van der Waals surface area contributed by atoms with Crippen LogP contribution in [0.15, 0.2) is 59.4 Å². The highest BCUT2D eigenvalue weighted by molar-refractivity contribution is 5.72. The summed E-state index contributed by atoms with van der Waals surface area (Å²) in [5, 5.41) is 0. The van der Waals surface area contributed by atoms with Crippen molar-refractivity contribution >= 4 is 35.7 Å². The van der Waals surface area contributed by atoms with Crippen LogP contribution in [0.4, 0.5) is 11.4 Å². The third-order valence-corrected chi connectivity index (χ3v) is 5.73. The number of H-pyrrole nitrogens is 1. The van der Waals surface area contributed by atoms with Crippen molar-refractivity contribution < 1.29 is 0 Å². The Labute approximate surface area is 197 Å². The van der Waals surface area contributed by atoms with E-state index >= 15 is 0 Å². The number of benzene rings is 2. The number of aromatic nitrogens is 2. The predicted molar refractivity (Wildman–Crippen MR) is 143 cm³/mol. The summed E-state index contributed by atoms with van der Waals surface area (Å²) in [6.07, 6.45) is 7.76. The van der Waals surface area contributed by atoms with E-state index in [0.29, 0.717) is 5.69 Å². The van der Waals surface area contributed by atoms with Gasteiger partial charge in [-0.3, -0.25) is 0 Å². The number of nitrogens with zero attached hydrogens (tertiary/aromatic N) is 3. The van der Waals surface area contributed by atoms with Crippen LogP contribution in [-0.4, -0.2) is 36.1 Å². The fourth-order valence-corrected chi connectivity index (χ4v) is 3.81. The summed E-state index contributed by atoms with van der Waals surface area (Å²) in [4.78, 5) is 23.6. The Morgan fingerprint density at radius 2 is 1.15 bits per heavy atom. The second kappa shape index (κ2) is 11.9. The molecule has 0 fully saturated rings. The molecule has 3 aromatic rings. The van der Waals surface area contributed by atoms with Crippen LogP contribution in [0.25, 0.3) is 24.3 Å². The Kier molecular flexibility index (Phi) is 8.64. The van der Waals surface area contributed by atoms with Crippen LogP contribution >= 0.6 is 0 Å². The molecule has 0 saturated carbocycles. The van der Waals surface area contributed by atoms with Gasteiger partial charge in [-0.05, 0) is 81.3 Å². The second-order valence-corrected chi connectivity index (χ2v) is 7.76. The van der Waals surface area contributed by atoms with Gasteiger partial charge in [0.05, 0.1) is 5.69 Å². The average molecular weight is 443 g/mol. The fraction of sp³-hybridized carbons (Fsp3) is 0.286. The number of hydrogen-bond acceptors (Lipinski definition) is 4. The molecule has 1 heterocycles. The molecule has 0 atom stereocenters. The molecule has 0 bridgehead atoms. The molecule has 3 rings (SSSR count). The van der Waals surface area contributed by atoms with E-state index in [9.17, 15) is 4.79 Å². The molecule has 0 radical (unpaired) electrons. The SMILES string of the molecule is CCN(CC)c1ccc(C=Cc2cc(C=Cc3ccc(N(CC)CC)cc3)[nH]c(=O)n2)cc1. The summed E-state index contributed by atoms with van der Waals surface area (Å²) in [7, 11) is 0. The number of rotatable bonds is 10. The van der Waals surface area contributed by atoms with Gasteiger partial charge in [0.1, 0.15) is 0 Å². The van der Waals surface area contributed by atoms with Gasteiger partial charge in [-0.1, -0.05) is 36.4 Å². The summed E-state index contributed by atoms with van der Waals surface area (Å²) in [5.41, 5.74) is 5.57. The van der Waals surface area contributed by atoms with Crippen LogP contribution in [0.2, 0.25) is 0 Å². The largest absolute Gasteiger partial charge is 0.372 e. The molecule has 172 valence electrons. The molecular formula is C28H34N4O. The van der Waals surface area contributed by atoms with Gasteiger partial charge in [0.2, 0.25) is 0 Å². The molecule has 0 aliphatic rings. The standard InChI is InChI=1S/C28H34N4O/c1-5-31(6-2)26-17-11-22(12-18-26)9-15-24-21-25(30-28(33)29-24)16-10-23-13-19-27(20-14-23)32(7-3)8-4/h9-21H,5-8H2,1-4H3,(H,29,30,33). The van der Waals surface area contributed by atoms with Crippen molar-refractivity contribution in [2.45, 2.75) is 27.7 Å². The van der Waals surface area contributed by atoms with Crippen LogP contribution in [0.3, 0.4) is 0 Å². The molecule has 1 N–H and O–H groups in total. The van der Waals surface area contributed by atoms with Gasteiger partial charge < -0.3 is 14.8 Å². The molecule has 0 unspecified atom stereocenters. The molecule has 2 aromatic carbocycles. The lowest BCUT2D eigenvalue weighted by molar-refractivity contribution is 0.866. The normalized spacial score (nSPS) is 11.4. The maximum absolute atomic E-state index is 12.1. The van der Waals surface area contributed by atoms with Crippen LogP contribution in [0.5, 0.6) is 0 Å². The van der Waals surface area contributed by atoms with Gasteiger partial charge in [-0.2, -0.15) is 4.98 Å². The van der Waals surface area contributed by atoms with Crippen LogP contribution in [-0.2, 0) is 0 Å². The first kappa shape index (κ1) is 24.1. The Balaban J connectivity index is 1.72. The van der Waals surface area contributed by atoms with E-state index in [0.717, 1.165) is 43.0 Å². The zero-order chi connectivity index (χ0) is 23.6. The lowest BCUT2D eigenvalue weighted by Gasteiger charge is -2.20. The van der Waals surface area contributed by atoms with E-state index < -0.39 is 0 Å². The van der Waals surface area contributed by atoms with Gasteiger partial charge in [-0.15, -0.1) is 0 Å². The monoisotopic (exact) mass is 442 g/mol. The van der Waals surface area contributed by atoms with Crippen molar-refractivity contribution in [2.24, 2.45) is 0 Å². The Bertz CT molecular complexity index is 1030. The minimum Gasteiger partial charge on any atom is -0.372 e. The zero-order valence-electron chi connectivity index (χ0n) is 20.1. The van der Waals surface area contributed by atoms with Gasteiger partial charge in [0.25, 0.3) is 0 Å². The first-order valence-electron chi connectivity index (χ1n) is 11.7. The molecule has 0 aliphatic carbocycles. The molecule has 0 aliphatic heterocycles. The minimum atomic E-state index is -0.356. The highest BCUT2D eigenvalue weighted by Crippen LogP contribution is 2.18.